The summed E-state index contributed by atoms with van der Waals surface area (Å²) in [5.74, 6) is -0.239. The van der Waals surface area contributed by atoms with Crippen LogP contribution in [0.2, 0.25) is 0 Å². The number of para-hydroxylation sites is 1. The Hall–Kier alpha value is -1.97. The number of quaternary nitrogens is 1. The van der Waals surface area contributed by atoms with E-state index in [0.29, 0.717) is 18.6 Å². The largest absolute Gasteiger partial charge is 0.595 e. The third kappa shape index (κ3) is 4.76. The molecular formula is C15H21ClN4O4. The highest BCUT2D eigenvalue weighted by molar-refractivity contribution is 5.85. The molecule has 1 aromatic carbocycles. The van der Waals surface area contributed by atoms with E-state index < -0.39 is 10.7 Å². The molecule has 0 spiro atoms. The van der Waals surface area contributed by atoms with Crippen LogP contribution < -0.4 is 16.0 Å². The summed E-state index contributed by atoms with van der Waals surface area (Å²) >= 11 is 0. The Morgan fingerprint density at radius 2 is 2.04 bits per heavy atom. The molecule has 0 aliphatic carbocycles. The van der Waals surface area contributed by atoms with Crippen LogP contribution in [-0.4, -0.2) is 47.8 Å². The molecule has 0 fully saturated rings. The number of hydrogen-bond acceptors (Lipinski definition) is 5. The molecule has 1 amide bonds. The number of aromatic nitrogens is 1. The van der Waals surface area contributed by atoms with Crippen molar-refractivity contribution < 1.29 is 15.2 Å². The smallest absolute Gasteiger partial charge is 0.253 e. The van der Waals surface area contributed by atoms with E-state index in [2.05, 4.69) is 5.32 Å². The summed E-state index contributed by atoms with van der Waals surface area (Å²) < 4.78 is 1.49. The first-order chi connectivity index (χ1) is 10.9. The number of pyridine rings is 1. The van der Waals surface area contributed by atoms with E-state index in [4.69, 9.17) is 5.21 Å². The van der Waals surface area contributed by atoms with Gasteiger partial charge in [-0.1, -0.05) is 12.1 Å². The normalized spacial score (nSPS) is 12.0. The van der Waals surface area contributed by atoms with Crippen molar-refractivity contribution in [3.8, 4) is 0 Å². The molecular weight excluding hydrogens is 336 g/mol. The average Bonchev–Trinajstić information content (AvgIpc) is 2.49. The van der Waals surface area contributed by atoms with Gasteiger partial charge in [-0.05, 0) is 26.2 Å². The van der Waals surface area contributed by atoms with Crippen molar-refractivity contribution in [3.63, 3.8) is 0 Å². The maximum absolute atomic E-state index is 12.2. The molecule has 2 aromatic rings. The van der Waals surface area contributed by atoms with Gasteiger partial charge in [-0.2, -0.15) is 5.23 Å². The van der Waals surface area contributed by atoms with E-state index in [-0.39, 0.29) is 35.9 Å². The zero-order valence-electron chi connectivity index (χ0n) is 13.5. The molecule has 3 N–H and O–H groups in total. The van der Waals surface area contributed by atoms with Crippen molar-refractivity contribution in [1.29, 1.82) is 0 Å². The number of nitrogens with zero attached hydrogens (tertiary/aromatic N) is 2. The number of benzene rings is 1. The maximum atomic E-state index is 12.2. The molecule has 0 radical (unpaired) electrons. The third-order valence-corrected chi connectivity index (χ3v) is 3.41. The first kappa shape index (κ1) is 20.1. The minimum absolute atomic E-state index is 0. The highest BCUT2D eigenvalue weighted by atomic mass is 35.5. The fraction of sp³-hybridized carbons (Fsp3) is 0.333. The summed E-state index contributed by atoms with van der Waals surface area (Å²) in [7, 11) is 3.81. The minimum atomic E-state index is -1.30. The molecule has 0 saturated heterocycles. The summed E-state index contributed by atoms with van der Waals surface area (Å²) in [4.78, 5) is 26.1. The lowest BCUT2D eigenvalue weighted by molar-refractivity contribution is -0.991. The van der Waals surface area contributed by atoms with Crippen molar-refractivity contribution in [1.82, 2.24) is 14.8 Å². The van der Waals surface area contributed by atoms with Gasteiger partial charge in [0, 0.05) is 13.1 Å². The number of likely N-dealkylation sites (N-methyl/N-ethyl adjacent to an activating group) is 1. The number of carbonyl (C=O) groups is 1. The van der Waals surface area contributed by atoms with E-state index >= 15 is 0 Å². The molecule has 9 heteroatoms. The monoisotopic (exact) mass is 356 g/mol. The summed E-state index contributed by atoms with van der Waals surface area (Å²) in [6.07, 6.45) is 1.22. The molecule has 0 saturated carbocycles. The summed E-state index contributed by atoms with van der Waals surface area (Å²) in [5, 5.41) is 22.1. The molecule has 2 rings (SSSR count). The van der Waals surface area contributed by atoms with Gasteiger partial charge in [0.05, 0.1) is 17.1 Å². The Morgan fingerprint density at radius 1 is 1.38 bits per heavy atom. The topological polar surface area (TPSA) is 102 Å². The second kappa shape index (κ2) is 8.76. The van der Waals surface area contributed by atoms with Gasteiger partial charge >= 0.3 is 0 Å². The van der Waals surface area contributed by atoms with Crippen LogP contribution in [0.25, 0.3) is 10.9 Å². The fourth-order valence-electron chi connectivity index (χ4n) is 2.26. The predicted molar refractivity (Wildman–Crippen MR) is 92.8 cm³/mol. The maximum Gasteiger partial charge on any atom is 0.253 e. The summed E-state index contributed by atoms with van der Waals surface area (Å²) in [6, 6.07) is 6.65. The molecule has 1 aromatic heterocycles. The number of nitrogens with one attached hydrogen (secondary N) is 2. The van der Waals surface area contributed by atoms with Gasteiger partial charge in [-0.25, -0.2) is 5.21 Å². The zero-order valence-corrected chi connectivity index (χ0v) is 14.3. The Balaban J connectivity index is 0.00000288. The van der Waals surface area contributed by atoms with Crippen molar-refractivity contribution in [2.24, 2.45) is 0 Å². The number of halogens is 1. The predicted octanol–water partition coefficient (Wildman–Crippen LogP) is -0.495. The third-order valence-electron chi connectivity index (χ3n) is 3.41. The molecule has 1 unspecified atom stereocenters. The molecule has 1 heterocycles. The number of amides is 1. The number of fused-ring (bicyclic) bond motifs is 1. The van der Waals surface area contributed by atoms with Crippen molar-refractivity contribution in [3.05, 3.63) is 45.9 Å². The lowest BCUT2D eigenvalue weighted by Gasteiger charge is -2.16. The zero-order chi connectivity index (χ0) is 17.0. The van der Waals surface area contributed by atoms with Gasteiger partial charge in [-0.3, -0.25) is 9.59 Å². The number of carbonyl (C=O) groups excluding carboxylic acids is 1. The molecule has 8 nitrogen and oxygen atoms in total. The van der Waals surface area contributed by atoms with Gasteiger partial charge in [0.25, 0.3) is 5.43 Å². The Morgan fingerprint density at radius 3 is 2.67 bits per heavy atom. The van der Waals surface area contributed by atoms with Gasteiger partial charge in [-0.15, -0.1) is 12.4 Å². The van der Waals surface area contributed by atoms with Crippen LogP contribution in [0.3, 0.4) is 0 Å². The lowest BCUT2D eigenvalue weighted by Crippen LogP contribution is -3.00. The van der Waals surface area contributed by atoms with E-state index in [9.17, 15) is 14.8 Å². The van der Waals surface area contributed by atoms with E-state index in [1.807, 2.05) is 19.0 Å². The lowest BCUT2D eigenvalue weighted by atomic mass is 10.2. The second-order valence-corrected chi connectivity index (χ2v) is 5.48. The minimum Gasteiger partial charge on any atom is -0.595 e. The highest BCUT2D eigenvalue weighted by Gasteiger charge is 2.15. The SMILES string of the molecule is CN(C)CCNC(=O)Cn1cc([NH+]([O-])O)c(=O)c2ccccc21.Cl. The number of rotatable bonds is 6. The first-order valence-corrected chi connectivity index (χ1v) is 7.17. The molecule has 0 aliphatic heterocycles. The average molecular weight is 357 g/mol. The van der Waals surface area contributed by atoms with Gasteiger partial charge in [0.15, 0.2) is 0 Å². The number of hydrogen-bond donors (Lipinski definition) is 3. The van der Waals surface area contributed by atoms with Crippen LogP contribution in [0.5, 0.6) is 0 Å². The van der Waals surface area contributed by atoms with Crippen LogP contribution in [-0.2, 0) is 11.3 Å². The van der Waals surface area contributed by atoms with E-state index in [1.165, 1.54) is 10.8 Å². The molecule has 0 bridgehead atoms. The van der Waals surface area contributed by atoms with Gasteiger partial charge in [0.2, 0.25) is 11.6 Å². The Labute approximate surface area is 145 Å². The standard InChI is InChI=1S/C15H20N4O4.ClH/c1-17(2)8-7-16-14(20)10-18-9-13(19(22)23)15(21)11-5-3-4-6-12(11)18;/h3-6,9,19,22H,7-8,10H2,1-2H3,(H,16,20);1H. The van der Waals surface area contributed by atoms with E-state index in [1.54, 1.807) is 24.3 Å². The fourth-order valence-corrected chi connectivity index (χ4v) is 2.26. The molecule has 132 valence electrons. The van der Waals surface area contributed by atoms with Crippen LogP contribution in [0.15, 0.2) is 35.3 Å². The quantitative estimate of drug-likeness (QED) is 0.606. The Bertz CT molecular complexity index is 761. The summed E-state index contributed by atoms with van der Waals surface area (Å²) in [5.41, 5.74) is -0.354. The first-order valence-electron chi connectivity index (χ1n) is 7.17. The van der Waals surface area contributed by atoms with Crippen molar-refractivity contribution in [2.45, 2.75) is 6.54 Å². The second-order valence-electron chi connectivity index (χ2n) is 5.48. The summed E-state index contributed by atoms with van der Waals surface area (Å²) in [6.45, 7) is 1.15. The van der Waals surface area contributed by atoms with Crippen molar-refractivity contribution in [2.75, 3.05) is 27.2 Å². The van der Waals surface area contributed by atoms with Crippen LogP contribution in [0, 0.1) is 5.21 Å². The van der Waals surface area contributed by atoms with E-state index in [0.717, 1.165) is 0 Å². The highest BCUT2D eigenvalue weighted by Crippen LogP contribution is 2.12. The van der Waals surface area contributed by atoms with Crippen LogP contribution >= 0.6 is 12.4 Å². The molecule has 24 heavy (non-hydrogen) atoms. The van der Waals surface area contributed by atoms with Gasteiger partial charge in [0.1, 0.15) is 6.54 Å². The van der Waals surface area contributed by atoms with Crippen molar-refractivity contribution >= 4 is 34.9 Å². The molecule has 0 aliphatic rings. The Kier molecular flexibility index (Phi) is 7.33. The van der Waals surface area contributed by atoms with Crippen LogP contribution in [0.4, 0.5) is 5.69 Å². The van der Waals surface area contributed by atoms with Gasteiger partial charge < -0.3 is 20.0 Å². The van der Waals surface area contributed by atoms with Crippen LogP contribution in [0.1, 0.15) is 0 Å². The molecule has 1 atom stereocenters.